The number of hydrogen-bond donors (Lipinski definition) is 0. The Hall–Kier alpha value is -3.39. The third-order valence-corrected chi connectivity index (χ3v) is 6.28. The van der Waals surface area contributed by atoms with Crippen LogP contribution in [0, 0.1) is 0 Å². The predicted octanol–water partition coefficient (Wildman–Crippen LogP) is 6.46. The maximum Gasteiger partial charge on any atom is 0.0746 e. The summed E-state index contributed by atoms with van der Waals surface area (Å²) in [5.41, 5.74) is 9.08. The first-order chi connectivity index (χ1) is 13.6. The van der Waals surface area contributed by atoms with Crippen molar-refractivity contribution in [2.24, 2.45) is 0 Å². The maximum absolute atomic E-state index is 4.63. The molecule has 2 nitrogen and oxygen atoms in total. The van der Waals surface area contributed by atoms with Crippen molar-refractivity contribution in [2.75, 3.05) is 0 Å². The maximum atomic E-state index is 4.63. The first kappa shape index (κ1) is 15.6. The van der Waals surface area contributed by atoms with Crippen LogP contribution in [-0.4, -0.2) is 9.61 Å². The van der Waals surface area contributed by atoms with Gasteiger partial charge in [0.1, 0.15) is 0 Å². The molecule has 134 valence electrons. The molecule has 2 heteroatoms. The van der Waals surface area contributed by atoms with Gasteiger partial charge in [0, 0.05) is 22.6 Å². The molecule has 6 rings (SSSR count). The number of aromatic nitrogens is 2. The summed E-state index contributed by atoms with van der Waals surface area (Å²) in [5, 5.41) is 7.08. The second-order valence-electron chi connectivity index (χ2n) is 8.22. The van der Waals surface area contributed by atoms with Gasteiger partial charge >= 0.3 is 0 Å². The molecular formula is C26H20N2. The highest BCUT2D eigenvalue weighted by Crippen LogP contribution is 2.49. The fourth-order valence-electron chi connectivity index (χ4n) is 4.75. The van der Waals surface area contributed by atoms with E-state index in [-0.39, 0.29) is 5.41 Å². The molecule has 2 heterocycles. The largest absolute Gasteiger partial charge is 0.240 e. The molecule has 2 aromatic heterocycles. The summed E-state index contributed by atoms with van der Waals surface area (Å²) in [6.45, 7) is 4.65. The van der Waals surface area contributed by atoms with Crippen molar-refractivity contribution >= 4 is 16.3 Å². The van der Waals surface area contributed by atoms with E-state index < -0.39 is 0 Å². The molecule has 0 fully saturated rings. The lowest BCUT2D eigenvalue weighted by molar-refractivity contribution is 0.660. The average Bonchev–Trinajstić information content (AvgIpc) is 3.23. The highest BCUT2D eigenvalue weighted by Gasteiger charge is 2.35. The molecule has 0 radical (unpaired) electrons. The lowest BCUT2D eigenvalue weighted by Gasteiger charge is -2.21. The van der Waals surface area contributed by atoms with Gasteiger partial charge in [-0.25, -0.2) is 4.52 Å². The van der Waals surface area contributed by atoms with E-state index in [1.807, 2.05) is 10.7 Å². The molecule has 0 atom stereocenters. The van der Waals surface area contributed by atoms with Crippen LogP contribution in [0.3, 0.4) is 0 Å². The minimum absolute atomic E-state index is 0.0115. The predicted molar refractivity (Wildman–Crippen MR) is 116 cm³/mol. The molecule has 0 amide bonds. The Bertz CT molecular complexity index is 1390. The summed E-state index contributed by atoms with van der Waals surface area (Å²) >= 11 is 0. The summed E-state index contributed by atoms with van der Waals surface area (Å²) in [6.07, 6.45) is 4.10. The molecule has 5 aromatic rings. The molecule has 0 N–H and O–H groups in total. The van der Waals surface area contributed by atoms with E-state index in [9.17, 15) is 0 Å². The molecule has 0 spiro atoms. The van der Waals surface area contributed by atoms with Gasteiger partial charge in [-0.15, -0.1) is 0 Å². The SMILES string of the molecule is CC1(C)c2ccccc2-c2ccc(-c3cnn4cc5ccccc5cc34)cc21. The first-order valence-electron chi connectivity index (χ1n) is 9.74. The van der Waals surface area contributed by atoms with E-state index >= 15 is 0 Å². The van der Waals surface area contributed by atoms with E-state index in [4.69, 9.17) is 0 Å². The summed E-state index contributed by atoms with van der Waals surface area (Å²) in [5.74, 6) is 0. The van der Waals surface area contributed by atoms with Crippen molar-refractivity contribution in [3.05, 3.63) is 96.3 Å². The Balaban J connectivity index is 1.58. The van der Waals surface area contributed by atoms with Crippen molar-refractivity contribution in [2.45, 2.75) is 19.3 Å². The quantitative estimate of drug-likeness (QED) is 0.335. The molecule has 0 aliphatic heterocycles. The van der Waals surface area contributed by atoms with Gasteiger partial charge in [-0.3, -0.25) is 0 Å². The van der Waals surface area contributed by atoms with Crippen molar-refractivity contribution in [1.82, 2.24) is 9.61 Å². The summed E-state index contributed by atoms with van der Waals surface area (Å²) in [7, 11) is 0. The Morgan fingerprint density at radius 1 is 0.714 bits per heavy atom. The smallest absolute Gasteiger partial charge is 0.0746 e. The summed E-state index contributed by atoms with van der Waals surface area (Å²) in [4.78, 5) is 0. The zero-order chi connectivity index (χ0) is 18.9. The molecule has 1 aliphatic carbocycles. The van der Waals surface area contributed by atoms with Gasteiger partial charge in [-0.2, -0.15) is 5.10 Å². The Morgan fingerprint density at radius 3 is 2.36 bits per heavy atom. The normalized spacial score (nSPS) is 14.4. The monoisotopic (exact) mass is 360 g/mol. The average molecular weight is 360 g/mol. The highest BCUT2D eigenvalue weighted by molar-refractivity contribution is 5.92. The Morgan fingerprint density at radius 2 is 1.46 bits per heavy atom. The van der Waals surface area contributed by atoms with Crippen LogP contribution in [0.4, 0.5) is 0 Å². The van der Waals surface area contributed by atoms with Crippen LogP contribution in [0.1, 0.15) is 25.0 Å². The number of pyridine rings is 1. The second-order valence-corrected chi connectivity index (χ2v) is 8.22. The fraction of sp³-hybridized carbons (Fsp3) is 0.115. The van der Waals surface area contributed by atoms with Gasteiger partial charge < -0.3 is 0 Å². The van der Waals surface area contributed by atoms with E-state index in [1.54, 1.807) is 0 Å². The van der Waals surface area contributed by atoms with Crippen LogP contribution in [-0.2, 0) is 5.41 Å². The number of fused-ring (bicyclic) bond motifs is 5. The van der Waals surface area contributed by atoms with Crippen LogP contribution in [0.25, 0.3) is 38.5 Å². The molecule has 3 aromatic carbocycles. The topological polar surface area (TPSA) is 17.3 Å². The van der Waals surface area contributed by atoms with Gasteiger partial charge in [0.2, 0.25) is 0 Å². The molecule has 28 heavy (non-hydrogen) atoms. The van der Waals surface area contributed by atoms with Gasteiger partial charge in [0.25, 0.3) is 0 Å². The summed E-state index contributed by atoms with van der Waals surface area (Å²) in [6, 6.07) is 26.3. The number of rotatable bonds is 1. The van der Waals surface area contributed by atoms with Crippen molar-refractivity contribution in [3.63, 3.8) is 0 Å². The lowest BCUT2D eigenvalue weighted by Crippen LogP contribution is -2.14. The zero-order valence-electron chi connectivity index (χ0n) is 16.0. The van der Waals surface area contributed by atoms with E-state index in [0.29, 0.717) is 0 Å². The van der Waals surface area contributed by atoms with Gasteiger partial charge in [0.15, 0.2) is 0 Å². The minimum Gasteiger partial charge on any atom is -0.240 e. The van der Waals surface area contributed by atoms with Gasteiger partial charge in [0.05, 0.1) is 11.7 Å². The second kappa shape index (κ2) is 5.32. The van der Waals surface area contributed by atoms with Crippen LogP contribution in [0.5, 0.6) is 0 Å². The van der Waals surface area contributed by atoms with E-state index in [0.717, 1.165) is 5.52 Å². The third-order valence-electron chi connectivity index (χ3n) is 6.28. The number of benzene rings is 3. The Kier molecular flexibility index (Phi) is 2.98. The molecule has 0 unspecified atom stereocenters. The van der Waals surface area contributed by atoms with E-state index in [1.165, 1.54) is 44.2 Å². The lowest BCUT2D eigenvalue weighted by atomic mass is 9.81. The number of hydrogen-bond acceptors (Lipinski definition) is 1. The first-order valence-corrected chi connectivity index (χ1v) is 9.74. The molecular weight excluding hydrogens is 340 g/mol. The molecule has 0 saturated carbocycles. The van der Waals surface area contributed by atoms with Crippen LogP contribution < -0.4 is 0 Å². The Labute approximate surface area is 164 Å². The molecule has 0 bridgehead atoms. The third kappa shape index (κ3) is 2.00. The fourth-order valence-corrected chi connectivity index (χ4v) is 4.75. The van der Waals surface area contributed by atoms with Gasteiger partial charge in [-0.1, -0.05) is 74.5 Å². The number of nitrogens with zero attached hydrogens (tertiary/aromatic N) is 2. The zero-order valence-corrected chi connectivity index (χ0v) is 16.0. The van der Waals surface area contributed by atoms with Crippen LogP contribution >= 0.6 is 0 Å². The molecule has 1 aliphatic rings. The van der Waals surface area contributed by atoms with E-state index in [2.05, 4.69) is 97.9 Å². The standard InChI is InChI=1S/C26H20N2/c1-26(2)23-10-6-5-9-20(23)21-12-11-18(13-24(21)26)22-15-27-28-16-19-8-4-3-7-17(19)14-25(22)28/h3-16H,1-2H3. The van der Waals surface area contributed by atoms with Crippen molar-refractivity contribution in [1.29, 1.82) is 0 Å². The van der Waals surface area contributed by atoms with Crippen LogP contribution in [0.15, 0.2) is 85.2 Å². The van der Waals surface area contributed by atoms with Gasteiger partial charge in [-0.05, 0) is 45.3 Å². The highest BCUT2D eigenvalue weighted by atomic mass is 15.2. The van der Waals surface area contributed by atoms with Crippen molar-refractivity contribution < 1.29 is 0 Å². The van der Waals surface area contributed by atoms with Crippen LogP contribution in [0.2, 0.25) is 0 Å². The minimum atomic E-state index is 0.0115. The van der Waals surface area contributed by atoms with Crippen molar-refractivity contribution in [3.8, 4) is 22.3 Å². The molecule has 0 saturated heterocycles. The summed E-state index contributed by atoms with van der Waals surface area (Å²) < 4.78 is 1.99.